The Hall–Kier alpha value is -1.93. The maximum atomic E-state index is 11.8. The second-order valence-corrected chi connectivity index (χ2v) is 5.35. The van der Waals surface area contributed by atoms with Crippen molar-refractivity contribution in [2.45, 2.75) is 25.3 Å². The molecule has 0 aliphatic carbocycles. The maximum absolute atomic E-state index is 11.8. The minimum Gasteiger partial charge on any atom is -0.375 e. The molecule has 0 fully saturated rings. The van der Waals surface area contributed by atoms with Gasteiger partial charge in [-0.05, 0) is 12.8 Å². The number of rotatable bonds is 7. The summed E-state index contributed by atoms with van der Waals surface area (Å²) in [4.78, 5) is 22.8. The number of aromatic nitrogens is 3. The van der Waals surface area contributed by atoms with Gasteiger partial charge in [-0.3, -0.25) is 4.79 Å². The van der Waals surface area contributed by atoms with E-state index in [4.69, 9.17) is 11.5 Å². The zero-order valence-corrected chi connectivity index (χ0v) is 11.8. The average molecular weight is 294 g/mol. The van der Waals surface area contributed by atoms with Crippen molar-refractivity contribution in [1.82, 2.24) is 20.3 Å². The van der Waals surface area contributed by atoms with Crippen LogP contribution in [0.2, 0.25) is 0 Å². The van der Waals surface area contributed by atoms with E-state index >= 15 is 0 Å². The molecule has 1 atom stereocenters. The predicted molar refractivity (Wildman–Crippen MR) is 78.1 cm³/mol. The van der Waals surface area contributed by atoms with Crippen molar-refractivity contribution >= 4 is 22.4 Å². The lowest BCUT2D eigenvalue weighted by atomic mass is 10.1. The fourth-order valence-electron chi connectivity index (χ4n) is 1.78. The van der Waals surface area contributed by atoms with Crippen molar-refractivity contribution in [3.05, 3.63) is 29.3 Å². The Balaban J connectivity index is 1.64. The number of anilines is 1. The number of carbonyl (C=O) groups is 1. The largest absolute Gasteiger partial charge is 0.375 e. The lowest BCUT2D eigenvalue weighted by Crippen LogP contribution is -2.42. The summed E-state index contributed by atoms with van der Waals surface area (Å²) in [5.41, 5.74) is 13.2. The monoisotopic (exact) mass is 294 g/mol. The number of amides is 1. The molecule has 0 bridgehead atoms. The molecule has 0 spiro atoms. The zero-order chi connectivity index (χ0) is 14.4. The molecule has 0 aliphatic heterocycles. The molecule has 0 unspecified atom stereocenters. The van der Waals surface area contributed by atoms with Crippen LogP contribution in [0.15, 0.2) is 17.9 Å². The van der Waals surface area contributed by atoms with Gasteiger partial charge in [0.15, 0.2) is 5.13 Å². The molecule has 2 heterocycles. The molecule has 6 N–H and O–H groups in total. The van der Waals surface area contributed by atoms with Crippen molar-refractivity contribution < 1.29 is 4.79 Å². The minimum atomic E-state index is -0.564. The molecule has 0 saturated heterocycles. The third-order valence-corrected chi connectivity index (χ3v) is 3.53. The fraction of sp³-hybridized carbons (Fsp3) is 0.417. The Morgan fingerprint density at radius 2 is 2.40 bits per heavy atom. The van der Waals surface area contributed by atoms with Gasteiger partial charge in [0.1, 0.15) is 0 Å². The van der Waals surface area contributed by atoms with E-state index in [1.54, 1.807) is 12.5 Å². The Bertz CT molecular complexity index is 538. The number of nitrogens with one attached hydrogen (secondary N) is 2. The highest BCUT2D eigenvalue weighted by atomic mass is 32.1. The molecule has 108 valence electrons. The number of nitrogens with zero attached hydrogens (tertiary/aromatic N) is 2. The number of imidazole rings is 1. The van der Waals surface area contributed by atoms with E-state index in [2.05, 4.69) is 20.3 Å². The van der Waals surface area contributed by atoms with Crippen LogP contribution in [0, 0.1) is 0 Å². The number of hydrogen-bond donors (Lipinski definition) is 4. The van der Waals surface area contributed by atoms with Gasteiger partial charge in [-0.15, -0.1) is 11.3 Å². The fourth-order valence-corrected chi connectivity index (χ4v) is 2.37. The molecule has 7 nitrogen and oxygen atoms in total. The summed E-state index contributed by atoms with van der Waals surface area (Å²) in [5.74, 6) is -0.155. The molecule has 0 aliphatic rings. The Labute approximate surface area is 120 Å². The second-order valence-electron chi connectivity index (χ2n) is 4.46. The highest BCUT2D eigenvalue weighted by molar-refractivity contribution is 7.13. The van der Waals surface area contributed by atoms with Gasteiger partial charge in [-0.1, -0.05) is 0 Å². The first-order chi connectivity index (χ1) is 9.65. The zero-order valence-electron chi connectivity index (χ0n) is 11.0. The molecule has 0 saturated carbocycles. The topological polar surface area (TPSA) is 123 Å². The van der Waals surface area contributed by atoms with Crippen LogP contribution >= 0.6 is 11.3 Å². The SMILES string of the molecule is Nc1nc(CCCNC(=O)[C@@H](N)Cc2cnc[nH]2)cs1. The van der Waals surface area contributed by atoms with Crippen LogP contribution in [0.25, 0.3) is 0 Å². The van der Waals surface area contributed by atoms with Gasteiger partial charge in [0.05, 0.1) is 18.1 Å². The summed E-state index contributed by atoms with van der Waals surface area (Å²) in [6, 6.07) is -0.564. The number of H-pyrrole nitrogens is 1. The lowest BCUT2D eigenvalue weighted by molar-refractivity contribution is -0.122. The summed E-state index contributed by atoms with van der Waals surface area (Å²) in [7, 11) is 0. The van der Waals surface area contributed by atoms with Crippen molar-refractivity contribution in [1.29, 1.82) is 0 Å². The normalized spacial score (nSPS) is 12.2. The van der Waals surface area contributed by atoms with Crippen molar-refractivity contribution in [2.24, 2.45) is 5.73 Å². The van der Waals surface area contributed by atoms with Gasteiger partial charge in [0.25, 0.3) is 0 Å². The number of nitrogens with two attached hydrogens (primary N) is 2. The smallest absolute Gasteiger partial charge is 0.237 e. The molecule has 0 aromatic carbocycles. The van der Waals surface area contributed by atoms with Gasteiger partial charge in [-0.2, -0.15) is 0 Å². The van der Waals surface area contributed by atoms with Gasteiger partial charge in [0.2, 0.25) is 5.91 Å². The first-order valence-corrected chi connectivity index (χ1v) is 7.23. The Morgan fingerprint density at radius 3 is 3.05 bits per heavy atom. The molecule has 2 aromatic rings. The van der Waals surface area contributed by atoms with Crippen LogP contribution in [-0.4, -0.2) is 33.4 Å². The summed E-state index contributed by atoms with van der Waals surface area (Å²) in [6.45, 7) is 0.576. The molecular weight excluding hydrogens is 276 g/mol. The molecule has 8 heteroatoms. The number of thiazole rings is 1. The maximum Gasteiger partial charge on any atom is 0.237 e. The summed E-state index contributed by atoms with van der Waals surface area (Å²) in [6.07, 6.45) is 5.29. The van der Waals surface area contributed by atoms with E-state index in [0.717, 1.165) is 24.2 Å². The van der Waals surface area contributed by atoms with Gasteiger partial charge in [0, 0.05) is 30.2 Å². The van der Waals surface area contributed by atoms with E-state index in [0.29, 0.717) is 18.1 Å². The quantitative estimate of drug-likeness (QED) is 0.538. The summed E-state index contributed by atoms with van der Waals surface area (Å²) >= 11 is 1.43. The van der Waals surface area contributed by atoms with Crippen LogP contribution in [0.4, 0.5) is 5.13 Å². The first kappa shape index (κ1) is 14.5. The molecule has 2 aromatic heterocycles. The number of nitrogen functional groups attached to an aromatic ring is 1. The highest BCUT2D eigenvalue weighted by Crippen LogP contribution is 2.12. The molecule has 20 heavy (non-hydrogen) atoms. The van der Waals surface area contributed by atoms with E-state index in [1.165, 1.54) is 11.3 Å². The molecule has 1 amide bonds. The summed E-state index contributed by atoms with van der Waals surface area (Å²) in [5, 5.41) is 5.32. The number of aryl methyl sites for hydroxylation is 1. The van der Waals surface area contributed by atoms with Gasteiger partial charge >= 0.3 is 0 Å². The van der Waals surface area contributed by atoms with Crippen LogP contribution in [0.1, 0.15) is 17.8 Å². The van der Waals surface area contributed by atoms with E-state index in [-0.39, 0.29) is 5.91 Å². The standard InChI is InChI=1S/C12H18N6OS/c13-10(4-9-5-15-7-17-9)11(19)16-3-1-2-8-6-20-12(14)18-8/h5-7,10H,1-4,13H2,(H2,14,18)(H,15,17)(H,16,19)/t10-/m0/s1. The van der Waals surface area contributed by atoms with Crippen LogP contribution in [0.3, 0.4) is 0 Å². The lowest BCUT2D eigenvalue weighted by Gasteiger charge is -2.10. The highest BCUT2D eigenvalue weighted by Gasteiger charge is 2.14. The Morgan fingerprint density at radius 1 is 1.55 bits per heavy atom. The van der Waals surface area contributed by atoms with E-state index in [1.807, 2.05) is 5.38 Å². The van der Waals surface area contributed by atoms with Crippen molar-refractivity contribution in [2.75, 3.05) is 12.3 Å². The van der Waals surface area contributed by atoms with Crippen LogP contribution in [0.5, 0.6) is 0 Å². The van der Waals surface area contributed by atoms with E-state index < -0.39 is 6.04 Å². The third kappa shape index (κ3) is 4.32. The second kappa shape index (κ2) is 7.01. The Kier molecular flexibility index (Phi) is 5.08. The number of carbonyl (C=O) groups excluding carboxylic acids is 1. The van der Waals surface area contributed by atoms with Crippen LogP contribution in [-0.2, 0) is 17.6 Å². The molecule has 2 rings (SSSR count). The minimum absolute atomic E-state index is 0.155. The van der Waals surface area contributed by atoms with Crippen LogP contribution < -0.4 is 16.8 Å². The van der Waals surface area contributed by atoms with Gasteiger partial charge in [-0.25, -0.2) is 9.97 Å². The summed E-state index contributed by atoms with van der Waals surface area (Å²) < 4.78 is 0. The van der Waals surface area contributed by atoms with Gasteiger partial charge < -0.3 is 21.8 Å². The predicted octanol–water partition coefficient (Wildman–Crippen LogP) is 0.0672. The third-order valence-electron chi connectivity index (χ3n) is 2.81. The molecular formula is C12H18N6OS. The number of hydrogen-bond acceptors (Lipinski definition) is 6. The van der Waals surface area contributed by atoms with Crippen molar-refractivity contribution in [3.8, 4) is 0 Å². The number of aromatic amines is 1. The first-order valence-electron chi connectivity index (χ1n) is 6.35. The van der Waals surface area contributed by atoms with E-state index in [9.17, 15) is 4.79 Å². The average Bonchev–Trinajstić information content (AvgIpc) is 3.06. The van der Waals surface area contributed by atoms with Crippen molar-refractivity contribution in [3.63, 3.8) is 0 Å². The molecule has 0 radical (unpaired) electrons.